The van der Waals surface area contributed by atoms with Crippen LogP contribution in [-0.2, 0) is 9.53 Å². The molecule has 4 heterocycles. The van der Waals surface area contributed by atoms with E-state index in [1.807, 2.05) is 66.7 Å². The van der Waals surface area contributed by atoms with E-state index in [1.165, 1.54) is 16.2 Å². The molecule has 1 saturated heterocycles. The number of fused-ring (bicyclic) bond motifs is 1. The SMILES string of the molecule is CCOC(=O)C1=C(c2ccccc2)N=c2s/c(=C/c3ccc(N4CC[NH+](C)CC4)o3)c(=O)n2[C@H]1c1ccc(OC)cc1. The zero-order valence-electron chi connectivity index (χ0n) is 23.8. The van der Waals surface area contributed by atoms with Crippen LogP contribution in [0.2, 0.25) is 0 Å². The molecular weight excluding hydrogens is 552 g/mol. The average Bonchev–Trinajstić information content (AvgIpc) is 3.61. The molecule has 1 atom stereocenters. The van der Waals surface area contributed by atoms with Crippen molar-refractivity contribution in [1.29, 1.82) is 0 Å². The van der Waals surface area contributed by atoms with E-state index in [4.69, 9.17) is 18.9 Å². The second-order valence-corrected chi connectivity index (χ2v) is 11.3. The second-order valence-electron chi connectivity index (χ2n) is 10.3. The molecule has 0 spiro atoms. The number of benzene rings is 2. The topological polar surface area (TPSA) is 90.7 Å². The van der Waals surface area contributed by atoms with Crippen molar-refractivity contribution in [3.05, 3.63) is 109 Å². The molecule has 2 aliphatic rings. The quantitative estimate of drug-likeness (QED) is 0.333. The molecule has 0 saturated carbocycles. The van der Waals surface area contributed by atoms with Gasteiger partial charge in [-0.2, -0.15) is 0 Å². The van der Waals surface area contributed by atoms with Crippen LogP contribution in [0.5, 0.6) is 5.75 Å². The van der Waals surface area contributed by atoms with Gasteiger partial charge in [-0.25, -0.2) is 9.79 Å². The maximum atomic E-state index is 14.1. The monoisotopic (exact) mass is 585 g/mol. The van der Waals surface area contributed by atoms with E-state index in [1.54, 1.807) is 24.7 Å². The Balaban J connectivity index is 1.51. The van der Waals surface area contributed by atoms with E-state index in [0.29, 0.717) is 32.1 Å². The first kappa shape index (κ1) is 27.7. The number of nitrogens with one attached hydrogen (secondary N) is 1. The zero-order valence-corrected chi connectivity index (χ0v) is 24.6. The first-order valence-electron chi connectivity index (χ1n) is 14.1. The van der Waals surface area contributed by atoms with Crippen LogP contribution < -0.4 is 29.4 Å². The number of thiazole rings is 1. The molecule has 0 aliphatic carbocycles. The Morgan fingerprint density at radius 2 is 1.83 bits per heavy atom. The summed E-state index contributed by atoms with van der Waals surface area (Å²) in [6.45, 7) is 5.89. The van der Waals surface area contributed by atoms with E-state index >= 15 is 0 Å². The van der Waals surface area contributed by atoms with Crippen molar-refractivity contribution in [3.8, 4) is 5.75 Å². The minimum Gasteiger partial charge on any atom is -0.497 e. The number of piperazine rings is 1. The van der Waals surface area contributed by atoms with Crippen LogP contribution in [0.25, 0.3) is 11.8 Å². The lowest BCUT2D eigenvalue weighted by atomic mass is 9.93. The van der Waals surface area contributed by atoms with E-state index in [0.717, 1.165) is 43.2 Å². The maximum absolute atomic E-state index is 14.1. The van der Waals surface area contributed by atoms with Gasteiger partial charge in [-0.15, -0.1) is 0 Å². The molecule has 0 amide bonds. The smallest absolute Gasteiger partial charge is 0.338 e. The number of quaternary nitrogens is 1. The predicted molar refractivity (Wildman–Crippen MR) is 162 cm³/mol. The molecule has 216 valence electrons. The van der Waals surface area contributed by atoms with Crippen LogP contribution in [0.1, 0.15) is 29.9 Å². The number of methoxy groups -OCH3 is 1. The van der Waals surface area contributed by atoms with Gasteiger partial charge < -0.3 is 23.7 Å². The van der Waals surface area contributed by atoms with Crippen molar-refractivity contribution < 1.29 is 23.6 Å². The van der Waals surface area contributed by atoms with Gasteiger partial charge in [-0.05, 0) is 30.7 Å². The first-order chi connectivity index (χ1) is 20.5. The highest BCUT2D eigenvalue weighted by atomic mass is 32.1. The number of carbonyl (C=O) groups excluding carboxylic acids is 1. The van der Waals surface area contributed by atoms with Crippen LogP contribution in [0.15, 0.2) is 86.5 Å². The third-order valence-electron chi connectivity index (χ3n) is 7.62. The predicted octanol–water partition coefficient (Wildman–Crippen LogP) is 1.87. The fraction of sp³-hybridized carbons (Fsp3) is 0.281. The number of esters is 1. The maximum Gasteiger partial charge on any atom is 0.338 e. The molecule has 1 fully saturated rings. The molecule has 9 nitrogen and oxygen atoms in total. The van der Waals surface area contributed by atoms with Crippen LogP contribution in [-0.4, -0.2) is 57.5 Å². The molecule has 4 aromatic rings. The lowest BCUT2D eigenvalue weighted by Gasteiger charge is -2.29. The average molecular weight is 586 g/mol. The van der Waals surface area contributed by atoms with Crippen LogP contribution in [0.4, 0.5) is 5.88 Å². The van der Waals surface area contributed by atoms with E-state index in [-0.39, 0.29) is 12.2 Å². The molecular formula is C32H33N4O5S+. The highest BCUT2D eigenvalue weighted by Crippen LogP contribution is 2.35. The summed E-state index contributed by atoms with van der Waals surface area (Å²) >= 11 is 1.27. The molecule has 2 aromatic heterocycles. The summed E-state index contributed by atoms with van der Waals surface area (Å²) in [5.41, 5.74) is 2.05. The van der Waals surface area contributed by atoms with Crippen molar-refractivity contribution in [1.82, 2.24) is 4.57 Å². The molecule has 42 heavy (non-hydrogen) atoms. The number of ether oxygens (including phenoxy) is 2. The van der Waals surface area contributed by atoms with Crippen LogP contribution in [0, 0.1) is 0 Å². The Morgan fingerprint density at radius 3 is 2.52 bits per heavy atom. The van der Waals surface area contributed by atoms with Gasteiger partial charge in [-0.3, -0.25) is 9.36 Å². The third kappa shape index (κ3) is 5.31. The summed E-state index contributed by atoms with van der Waals surface area (Å²) in [5, 5.41) is 0. The van der Waals surface area contributed by atoms with Gasteiger partial charge in [0, 0.05) is 17.7 Å². The van der Waals surface area contributed by atoms with E-state index < -0.39 is 12.0 Å². The molecule has 6 rings (SSSR count). The lowest BCUT2D eigenvalue weighted by Crippen LogP contribution is -3.12. The molecule has 10 heteroatoms. The summed E-state index contributed by atoms with van der Waals surface area (Å²) in [7, 11) is 3.79. The van der Waals surface area contributed by atoms with Gasteiger partial charge >= 0.3 is 5.97 Å². The number of hydrogen-bond donors (Lipinski definition) is 1. The largest absolute Gasteiger partial charge is 0.497 e. The third-order valence-corrected chi connectivity index (χ3v) is 8.60. The number of hydrogen-bond acceptors (Lipinski definition) is 8. The lowest BCUT2D eigenvalue weighted by molar-refractivity contribution is -0.880. The Kier molecular flexibility index (Phi) is 7.82. The number of furan rings is 1. The number of carbonyl (C=O) groups is 1. The summed E-state index contributed by atoms with van der Waals surface area (Å²) < 4.78 is 19.1. The minimum absolute atomic E-state index is 0.194. The number of rotatable bonds is 7. The van der Waals surface area contributed by atoms with Crippen molar-refractivity contribution in [2.45, 2.75) is 13.0 Å². The van der Waals surface area contributed by atoms with Crippen molar-refractivity contribution >= 4 is 35.0 Å². The summed E-state index contributed by atoms with van der Waals surface area (Å²) in [6, 6.07) is 20.0. The van der Waals surface area contributed by atoms with Gasteiger partial charge in [0.15, 0.2) is 10.7 Å². The van der Waals surface area contributed by atoms with Gasteiger partial charge in [-0.1, -0.05) is 53.8 Å². The molecule has 2 aromatic carbocycles. The molecule has 0 bridgehead atoms. The standard InChI is InChI=1S/C32H32N4O5S/c1-4-40-31(38)27-28(21-8-6-5-7-9-21)33-32-36(29(27)22-10-12-23(39-3)13-11-22)30(37)25(42-32)20-24-14-15-26(41-24)35-18-16-34(2)17-19-35/h5-15,20,29H,4,16-19H2,1-3H3/p+1/b25-20+/t29-/m0/s1. The fourth-order valence-electron chi connectivity index (χ4n) is 5.37. The second kappa shape index (κ2) is 11.8. The normalized spacial score (nSPS) is 17.6. The fourth-order valence-corrected chi connectivity index (χ4v) is 6.35. The Bertz CT molecular complexity index is 1800. The Hall–Kier alpha value is -4.41. The van der Waals surface area contributed by atoms with Crippen LogP contribution >= 0.6 is 11.3 Å². The zero-order chi connectivity index (χ0) is 29.2. The first-order valence-corrected chi connectivity index (χ1v) is 14.9. The summed E-state index contributed by atoms with van der Waals surface area (Å²) in [4.78, 5) is 36.8. The van der Waals surface area contributed by atoms with Crippen molar-refractivity contribution in [2.24, 2.45) is 4.99 Å². The highest BCUT2D eigenvalue weighted by Gasteiger charge is 2.35. The van der Waals surface area contributed by atoms with Crippen molar-refractivity contribution in [3.63, 3.8) is 0 Å². The molecule has 2 aliphatic heterocycles. The van der Waals surface area contributed by atoms with Gasteiger partial charge in [0.05, 0.1) is 68.8 Å². The number of likely N-dealkylation sites (N-methyl/N-ethyl adjacent to an activating group) is 1. The Labute approximate surface area is 247 Å². The van der Waals surface area contributed by atoms with Crippen LogP contribution in [0.3, 0.4) is 0 Å². The van der Waals surface area contributed by atoms with Gasteiger partial charge in [0.2, 0.25) is 0 Å². The van der Waals surface area contributed by atoms with E-state index in [9.17, 15) is 9.59 Å². The van der Waals surface area contributed by atoms with Crippen molar-refractivity contribution in [2.75, 3.05) is 51.8 Å². The summed E-state index contributed by atoms with van der Waals surface area (Å²) in [5.74, 6) is 1.55. The molecule has 1 N–H and O–H groups in total. The van der Waals surface area contributed by atoms with Gasteiger partial charge in [0.25, 0.3) is 5.56 Å². The highest BCUT2D eigenvalue weighted by molar-refractivity contribution is 7.07. The number of anilines is 1. The minimum atomic E-state index is -0.747. The Morgan fingerprint density at radius 1 is 1.10 bits per heavy atom. The molecule has 0 unspecified atom stereocenters. The number of nitrogens with zero attached hydrogens (tertiary/aromatic N) is 3. The van der Waals surface area contributed by atoms with E-state index in [2.05, 4.69) is 11.9 Å². The van der Waals surface area contributed by atoms with Gasteiger partial charge in [0.1, 0.15) is 11.5 Å². The number of aromatic nitrogens is 1. The summed E-state index contributed by atoms with van der Waals surface area (Å²) in [6.07, 6.45) is 1.76. The molecule has 0 radical (unpaired) electrons.